The van der Waals surface area contributed by atoms with Gasteiger partial charge in [-0.1, -0.05) is 86.6 Å². The molecule has 0 radical (unpaired) electrons. The highest BCUT2D eigenvalue weighted by molar-refractivity contribution is 5.97. The molecule has 75 heavy (non-hydrogen) atoms. The van der Waals surface area contributed by atoms with E-state index in [0.29, 0.717) is 23.1 Å². The molecule has 3 aromatic carbocycles. The highest BCUT2D eigenvalue weighted by Crippen LogP contribution is 2.13. The Balaban J connectivity index is 1.75. The summed E-state index contributed by atoms with van der Waals surface area (Å²) in [6.45, 7) is 6.76. The number of carbonyl (C=O) groups excluding carboxylic acids is 8. The summed E-state index contributed by atoms with van der Waals surface area (Å²) in [6, 6.07) is 16.4. The number of ether oxygens (including phenoxy) is 1. The predicted octanol–water partition coefficient (Wildman–Crippen LogP) is -0.259. The maximum Gasteiger partial charge on any atom is 0.408 e. The van der Waals surface area contributed by atoms with Crippen LogP contribution >= 0.6 is 0 Å². The third-order valence-electron chi connectivity index (χ3n) is 11.2. The molecule has 24 nitrogen and oxygen atoms in total. The van der Waals surface area contributed by atoms with Crippen molar-refractivity contribution in [1.29, 1.82) is 10.8 Å². The third kappa shape index (κ3) is 24.2. The second-order valence-corrected chi connectivity index (χ2v) is 18.1. The number of rotatable bonds is 31. The van der Waals surface area contributed by atoms with Gasteiger partial charge in [-0.15, -0.1) is 0 Å². The number of nitrogens with two attached hydrogens (primary N) is 2. The Bertz CT molecular complexity index is 2360. The van der Waals surface area contributed by atoms with Crippen molar-refractivity contribution in [2.75, 3.05) is 26.2 Å². The molecule has 0 bridgehead atoms. The fourth-order valence-electron chi connectivity index (χ4n) is 7.40. The molecule has 3 aromatic rings. The Morgan fingerprint density at radius 2 is 1.00 bits per heavy atom. The van der Waals surface area contributed by atoms with Crippen LogP contribution in [0.2, 0.25) is 0 Å². The average Bonchev–Trinajstić information content (AvgIpc) is 3.36. The van der Waals surface area contributed by atoms with E-state index < -0.39 is 90.2 Å². The summed E-state index contributed by atoms with van der Waals surface area (Å²) < 4.78 is 5.32. The van der Waals surface area contributed by atoms with Crippen molar-refractivity contribution < 1.29 is 48.2 Å². The molecule has 6 atom stereocenters. The number of alkyl carbamates (subject to hydrolysis) is 1. The minimum absolute atomic E-state index is 0.00538. The number of amides is 8. The fraction of sp³-hybridized carbons (Fsp3) is 0.451. The molecule has 8 amide bonds. The highest BCUT2D eigenvalue weighted by atomic mass is 16.5. The Kier molecular flexibility index (Phi) is 26.5. The number of hydrogen-bond donors (Lipinski definition) is 15. The van der Waals surface area contributed by atoms with Crippen LogP contribution in [0.5, 0.6) is 5.75 Å². The first-order valence-corrected chi connectivity index (χ1v) is 24.8. The van der Waals surface area contributed by atoms with Crippen molar-refractivity contribution >= 4 is 59.4 Å². The number of phenols is 1. The molecule has 0 fully saturated rings. The first-order valence-electron chi connectivity index (χ1n) is 24.8. The largest absolute Gasteiger partial charge is 0.508 e. The number of guanidine groups is 2. The van der Waals surface area contributed by atoms with Gasteiger partial charge in [0.1, 0.15) is 48.6 Å². The third-order valence-corrected chi connectivity index (χ3v) is 11.2. The Morgan fingerprint density at radius 1 is 0.533 bits per heavy atom. The Morgan fingerprint density at radius 3 is 1.53 bits per heavy atom. The van der Waals surface area contributed by atoms with E-state index in [1.807, 2.05) is 19.9 Å². The van der Waals surface area contributed by atoms with Crippen LogP contribution in [0.3, 0.4) is 0 Å². The molecule has 408 valence electrons. The molecule has 0 aliphatic rings. The lowest BCUT2D eigenvalue weighted by Crippen LogP contribution is -2.59. The molecule has 0 aliphatic heterocycles. The van der Waals surface area contributed by atoms with Crippen molar-refractivity contribution in [3.05, 3.63) is 102 Å². The lowest BCUT2D eigenvalue weighted by atomic mass is 10.00. The van der Waals surface area contributed by atoms with E-state index in [-0.39, 0.29) is 88.4 Å². The van der Waals surface area contributed by atoms with E-state index in [1.54, 1.807) is 73.7 Å². The molecule has 0 heterocycles. The summed E-state index contributed by atoms with van der Waals surface area (Å²) in [6.07, 6.45) is -0.0408. The molecule has 24 heteroatoms. The maximum atomic E-state index is 14.2. The van der Waals surface area contributed by atoms with Gasteiger partial charge < -0.3 is 74.5 Å². The van der Waals surface area contributed by atoms with Crippen LogP contribution in [-0.2, 0) is 57.7 Å². The van der Waals surface area contributed by atoms with E-state index in [2.05, 4.69) is 53.2 Å². The van der Waals surface area contributed by atoms with Crippen molar-refractivity contribution in [1.82, 2.24) is 53.2 Å². The normalized spacial score (nSPS) is 13.1. The van der Waals surface area contributed by atoms with Crippen LogP contribution in [0.1, 0.15) is 76.5 Å². The van der Waals surface area contributed by atoms with Gasteiger partial charge in [-0.3, -0.25) is 44.4 Å². The van der Waals surface area contributed by atoms with Crippen molar-refractivity contribution in [2.24, 2.45) is 17.4 Å². The van der Waals surface area contributed by atoms with Gasteiger partial charge in [0.15, 0.2) is 11.9 Å². The van der Waals surface area contributed by atoms with Gasteiger partial charge in [0.05, 0.1) is 6.54 Å². The van der Waals surface area contributed by atoms with Crippen LogP contribution in [-0.4, -0.2) is 127 Å². The second-order valence-electron chi connectivity index (χ2n) is 18.1. The summed E-state index contributed by atoms with van der Waals surface area (Å²) in [7, 11) is 0. The first kappa shape index (κ1) is 60.9. The van der Waals surface area contributed by atoms with Crippen molar-refractivity contribution in [3.63, 3.8) is 0 Å². The SMILES string of the molecule is CCNC(=O)[C@H](CCCNC(=N)N)NC(=O)[C@H](CCCNC(=N)N)NC(=O)[C@H](CC(C)C)NC(=O)[C@H](Cc1ccccc1)NC(=O)CNC(=O)[C@@H](C)NC(=O)[C@H](Cc1ccc(O)cc1)NC(=O)OCc1ccccc1. The average molecular weight is 1040 g/mol. The van der Waals surface area contributed by atoms with Gasteiger partial charge in [0, 0.05) is 32.5 Å². The molecule has 0 saturated carbocycles. The monoisotopic (exact) mass is 1040 g/mol. The van der Waals surface area contributed by atoms with Gasteiger partial charge in [-0.2, -0.15) is 0 Å². The van der Waals surface area contributed by atoms with Gasteiger partial charge in [0.25, 0.3) is 0 Å². The minimum Gasteiger partial charge on any atom is -0.508 e. The van der Waals surface area contributed by atoms with E-state index >= 15 is 0 Å². The van der Waals surface area contributed by atoms with Crippen LogP contribution in [0.15, 0.2) is 84.9 Å². The van der Waals surface area contributed by atoms with Crippen LogP contribution in [0.4, 0.5) is 4.79 Å². The van der Waals surface area contributed by atoms with E-state index in [4.69, 9.17) is 27.0 Å². The zero-order valence-corrected chi connectivity index (χ0v) is 42.9. The van der Waals surface area contributed by atoms with E-state index in [9.17, 15) is 43.5 Å². The van der Waals surface area contributed by atoms with Gasteiger partial charge >= 0.3 is 6.09 Å². The molecular formula is C51H74N14O10. The zero-order valence-electron chi connectivity index (χ0n) is 42.9. The molecule has 0 aromatic heterocycles. The second kappa shape index (κ2) is 32.6. The van der Waals surface area contributed by atoms with Crippen molar-refractivity contribution in [3.8, 4) is 5.75 Å². The zero-order chi connectivity index (χ0) is 55.3. The van der Waals surface area contributed by atoms with Gasteiger partial charge in [-0.05, 0) is 80.7 Å². The van der Waals surface area contributed by atoms with Crippen molar-refractivity contribution in [2.45, 2.75) is 115 Å². The van der Waals surface area contributed by atoms with Crippen LogP contribution in [0, 0.1) is 16.7 Å². The standard InChI is InChI=1S/C51H74N14O10/c1-5-56-44(69)37(18-12-24-57-49(52)53)62-45(70)38(19-13-25-58-50(54)55)63-47(72)39(26-31(2)3)64-48(73)40(27-33-14-8-6-9-15-33)61-42(67)29-59-43(68)32(4)60-46(71)41(28-34-20-22-36(66)23-21-34)65-51(74)75-30-35-16-10-7-11-17-35/h6-11,14-17,20-23,31-32,37-41,66H,5,12-13,18-19,24-30H2,1-4H3,(H,56,69)(H,59,68)(H,60,71)(H,61,67)(H,62,70)(H,63,72)(H,64,73)(H,65,74)(H4,52,53,57)(H4,54,55,58)/t32-,37+,38+,39+,40+,41+/m1/s1. The summed E-state index contributed by atoms with van der Waals surface area (Å²) in [4.78, 5) is 109. The number of carbonyl (C=O) groups is 8. The minimum atomic E-state index is -1.28. The van der Waals surface area contributed by atoms with E-state index in [1.165, 1.54) is 19.1 Å². The molecule has 0 unspecified atom stereocenters. The fourth-order valence-corrected chi connectivity index (χ4v) is 7.40. The molecule has 3 rings (SSSR count). The molecule has 17 N–H and O–H groups in total. The number of phenolic OH excluding ortho intramolecular Hbond substituents is 1. The quantitative estimate of drug-likeness (QED) is 0.0224. The lowest BCUT2D eigenvalue weighted by molar-refractivity contribution is -0.135. The Labute approximate surface area is 436 Å². The Hall–Kier alpha value is -8.44. The van der Waals surface area contributed by atoms with Crippen LogP contribution < -0.4 is 64.6 Å². The van der Waals surface area contributed by atoms with E-state index in [0.717, 1.165) is 0 Å². The number of benzene rings is 3. The molecule has 0 aliphatic carbocycles. The summed E-state index contributed by atoms with van der Waals surface area (Å²) in [5, 5.41) is 51.0. The smallest absolute Gasteiger partial charge is 0.408 e. The van der Waals surface area contributed by atoms with Crippen LogP contribution in [0.25, 0.3) is 0 Å². The topological polar surface area (TPSA) is 386 Å². The first-order chi connectivity index (χ1) is 35.7. The molecular weight excluding hydrogens is 969 g/mol. The number of hydrogen-bond acceptors (Lipinski definition) is 12. The lowest BCUT2D eigenvalue weighted by Gasteiger charge is -2.27. The van der Waals surface area contributed by atoms with Gasteiger partial charge in [-0.25, -0.2) is 4.79 Å². The molecule has 0 spiro atoms. The predicted molar refractivity (Wildman–Crippen MR) is 280 cm³/mol. The number of nitrogens with one attached hydrogen (secondary N) is 12. The summed E-state index contributed by atoms with van der Waals surface area (Å²) in [5.74, 6) is -5.66. The summed E-state index contributed by atoms with van der Waals surface area (Å²) in [5.41, 5.74) is 12.8. The van der Waals surface area contributed by atoms with Gasteiger partial charge in [0.2, 0.25) is 41.4 Å². The summed E-state index contributed by atoms with van der Waals surface area (Å²) >= 11 is 0. The highest BCUT2D eigenvalue weighted by Gasteiger charge is 2.32. The maximum absolute atomic E-state index is 14.2. The number of likely N-dealkylation sites (N-methyl/N-ethyl adjacent to an activating group) is 1. The molecule has 0 saturated heterocycles. The number of aromatic hydroxyl groups is 1.